The predicted octanol–water partition coefficient (Wildman–Crippen LogP) is 5.20. The summed E-state index contributed by atoms with van der Waals surface area (Å²) in [6.45, 7) is 0.547. The molecule has 1 aliphatic rings. The van der Waals surface area contributed by atoms with E-state index in [0.717, 1.165) is 22.5 Å². The number of phenolic OH excluding ortho intramolecular Hbond substituents is 1. The lowest BCUT2D eigenvalue weighted by Crippen LogP contribution is -2.23. The van der Waals surface area contributed by atoms with Crippen LogP contribution in [0, 0.1) is 0 Å². The van der Waals surface area contributed by atoms with Crippen molar-refractivity contribution in [3.63, 3.8) is 0 Å². The first-order valence-electron chi connectivity index (χ1n) is 9.61. The summed E-state index contributed by atoms with van der Waals surface area (Å²) in [5.41, 5.74) is 4.06. The van der Waals surface area contributed by atoms with Crippen LogP contribution >= 0.6 is 0 Å². The molecule has 3 aromatic carbocycles. The van der Waals surface area contributed by atoms with Crippen molar-refractivity contribution in [2.45, 2.75) is 0 Å². The molecule has 1 aromatic heterocycles. The Labute approximate surface area is 173 Å². The topological polar surface area (TPSA) is 62.9 Å². The fourth-order valence-corrected chi connectivity index (χ4v) is 3.85. The van der Waals surface area contributed by atoms with E-state index in [1.807, 2.05) is 42.5 Å². The van der Waals surface area contributed by atoms with Gasteiger partial charge in [-0.1, -0.05) is 36.4 Å². The number of rotatable bonds is 3. The van der Waals surface area contributed by atoms with Crippen molar-refractivity contribution >= 4 is 34.0 Å². The minimum atomic E-state index is -0.294. The summed E-state index contributed by atoms with van der Waals surface area (Å²) in [5.74, 6) is 0.739. The van der Waals surface area contributed by atoms with Crippen molar-refractivity contribution < 1.29 is 14.3 Å². The van der Waals surface area contributed by atoms with Crippen molar-refractivity contribution in [3.8, 4) is 11.5 Å². The molecule has 5 heteroatoms. The van der Waals surface area contributed by atoms with Crippen molar-refractivity contribution in [1.82, 2.24) is 0 Å². The minimum Gasteiger partial charge on any atom is -0.507 e. The summed E-state index contributed by atoms with van der Waals surface area (Å²) in [6, 6.07) is 22.7. The number of methoxy groups -OCH3 is 1. The average Bonchev–Trinajstić information content (AvgIpc) is 2.78. The van der Waals surface area contributed by atoms with Gasteiger partial charge in [0.15, 0.2) is 5.43 Å². The van der Waals surface area contributed by atoms with E-state index in [9.17, 15) is 9.90 Å². The maximum absolute atomic E-state index is 12.8. The van der Waals surface area contributed by atoms with Crippen LogP contribution in [0.4, 0.5) is 11.4 Å². The van der Waals surface area contributed by atoms with Crippen LogP contribution in [0.5, 0.6) is 11.5 Å². The molecule has 5 rings (SSSR count). The van der Waals surface area contributed by atoms with Crippen LogP contribution in [0.1, 0.15) is 11.3 Å². The number of ether oxygens (including phenoxy) is 1. The number of hydrogen-bond acceptors (Lipinski definition) is 5. The van der Waals surface area contributed by atoms with Crippen molar-refractivity contribution in [3.05, 3.63) is 94.3 Å². The SMILES string of the molecule is COc1cc(O)c2c(=O)cc(C3=Cc4ccccc4N(c4ccccc4)C3)oc2c1. The van der Waals surface area contributed by atoms with E-state index in [-0.39, 0.29) is 16.6 Å². The Bertz CT molecular complexity index is 1340. The highest BCUT2D eigenvalue weighted by Crippen LogP contribution is 2.38. The van der Waals surface area contributed by atoms with Crippen molar-refractivity contribution in [1.29, 1.82) is 0 Å². The lowest BCUT2D eigenvalue weighted by Gasteiger charge is -2.31. The number of phenols is 1. The second-order valence-corrected chi connectivity index (χ2v) is 7.14. The Hall–Kier alpha value is -3.99. The van der Waals surface area contributed by atoms with E-state index in [2.05, 4.69) is 23.1 Å². The molecule has 1 N–H and O–H groups in total. The molecule has 0 radical (unpaired) electrons. The van der Waals surface area contributed by atoms with Crippen LogP contribution in [0.15, 0.2) is 82.0 Å². The van der Waals surface area contributed by atoms with Gasteiger partial charge >= 0.3 is 0 Å². The molecule has 0 fully saturated rings. The van der Waals surface area contributed by atoms with Crippen LogP contribution in [0.25, 0.3) is 22.6 Å². The third kappa shape index (κ3) is 3.01. The van der Waals surface area contributed by atoms with Gasteiger partial charge in [-0.2, -0.15) is 0 Å². The Kier molecular flexibility index (Phi) is 4.29. The molecular weight excluding hydrogens is 378 g/mol. The molecule has 0 saturated heterocycles. The Morgan fingerprint density at radius 3 is 2.57 bits per heavy atom. The first kappa shape index (κ1) is 18.1. The van der Waals surface area contributed by atoms with E-state index >= 15 is 0 Å². The molecule has 30 heavy (non-hydrogen) atoms. The van der Waals surface area contributed by atoms with Gasteiger partial charge < -0.3 is 19.2 Å². The molecule has 148 valence electrons. The van der Waals surface area contributed by atoms with E-state index in [1.165, 1.54) is 19.2 Å². The fourth-order valence-electron chi connectivity index (χ4n) is 3.85. The van der Waals surface area contributed by atoms with Gasteiger partial charge in [0.2, 0.25) is 0 Å². The number of benzene rings is 3. The number of aromatic hydroxyl groups is 1. The Balaban J connectivity index is 1.68. The summed E-state index contributed by atoms with van der Waals surface area (Å²) in [6.07, 6.45) is 2.04. The number of fused-ring (bicyclic) bond motifs is 2. The monoisotopic (exact) mass is 397 g/mol. The smallest absolute Gasteiger partial charge is 0.197 e. The predicted molar refractivity (Wildman–Crippen MR) is 118 cm³/mol. The molecule has 4 aromatic rings. The second-order valence-electron chi connectivity index (χ2n) is 7.14. The molecule has 5 nitrogen and oxygen atoms in total. The number of nitrogens with zero attached hydrogens (tertiary/aromatic N) is 1. The molecule has 1 aliphatic heterocycles. The van der Waals surface area contributed by atoms with E-state index in [0.29, 0.717) is 23.6 Å². The van der Waals surface area contributed by atoms with E-state index in [1.54, 1.807) is 6.07 Å². The average molecular weight is 397 g/mol. The molecule has 0 unspecified atom stereocenters. The lowest BCUT2D eigenvalue weighted by molar-refractivity contribution is 0.407. The highest BCUT2D eigenvalue weighted by Gasteiger charge is 2.22. The van der Waals surface area contributed by atoms with Gasteiger partial charge in [-0.15, -0.1) is 0 Å². The van der Waals surface area contributed by atoms with Crippen molar-refractivity contribution in [2.75, 3.05) is 18.6 Å². The molecule has 0 atom stereocenters. The van der Waals surface area contributed by atoms with Crippen LogP contribution in [-0.4, -0.2) is 18.8 Å². The maximum atomic E-state index is 12.8. The number of hydrogen-bond donors (Lipinski definition) is 1. The normalized spacial score (nSPS) is 13.1. The van der Waals surface area contributed by atoms with Crippen LogP contribution in [-0.2, 0) is 0 Å². The molecular formula is C25H19NO4. The first-order chi connectivity index (χ1) is 14.6. The zero-order valence-corrected chi connectivity index (χ0v) is 16.3. The van der Waals surface area contributed by atoms with E-state index < -0.39 is 0 Å². The second kappa shape index (κ2) is 7.12. The summed E-state index contributed by atoms with van der Waals surface area (Å²) < 4.78 is 11.3. The number of anilines is 2. The Morgan fingerprint density at radius 2 is 1.77 bits per heavy atom. The van der Waals surface area contributed by atoms with Gasteiger partial charge in [0.1, 0.15) is 28.2 Å². The molecule has 0 spiro atoms. The summed E-state index contributed by atoms with van der Waals surface area (Å²) in [4.78, 5) is 15.0. The van der Waals surface area contributed by atoms with Gasteiger partial charge in [0.05, 0.1) is 13.7 Å². The largest absolute Gasteiger partial charge is 0.507 e. The maximum Gasteiger partial charge on any atom is 0.197 e. The molecule has 0 amide bonds. The van der Waals surface area contributed by atoms with Crippen LogP contribution < -0.4 is 15.1 Å². The third-order valence-electron chi connectivity index (χ3n) is 5.29. The third-order valence-corrected chi connectivity index (χ3v) is 5.29. The molecule has 0 saturated carbocycles. The van der Waals surface area contributed by atoms with Gasteiger partial charge in [0.25, 0.3) is 0 Å². The quantitative estimate of drug-likeness (QED) is 0.515. The van der Waals surface area contributed by atoms with Gasteiger partial charge in [-0.25, -0.2) is 0 Å². The number of para-hydroxylation sites is 2. The van der Waals surface area contributed by atoms with Gasteiger partial charge in [-0.3, -0.25) is 4.79 Å². The van der Waals surface area contributed by atoms with Gasteiger partial charge in [0, 0.05) is 35.1 Å². The minimum absolute atomic E-state index is 0.149. The first-order valence-corrected chi connectivity index (χ1v) is 9.61. The lowest BCUT2D eigenvalue weighted by atomic mass is 9.99. The standard InChI is InChI=1S/C25H19NO4/c1-29-19-12-21(27)25-22(28)14-23(30-24(25)13-19)17-11-16-7-5-6-10-20(16)26(15-17)18-8-3-2-4-9-18/h2-14,27H,15H2,1H3. The summed E-state index contributed by atoms with van der Waals surface area (Å²) in [5, 5.41) is 10.4. The highest BCUT2D eigenvalue weighted by molar-refractivity contribution is 5.94. The van der Waals surface area contributed by atoms with Crippen molar-refractivity contribution in [2.24, 2.45) is 0 Å². The summed E-state index contributed by atoms with van der Waals surface area (Å²) in [7, 11) is 1.50. The Morgan fingerprint density at radius 1 is 1.00 bits per heavy atom. The van der Waals surface area contributed by atoms with Gasteiger partial charge in [-0.05, 0) is 29.8 Å². The zero-order valence-electron chi connectivity index (χ0n) is 16.3. The van der Waals surface area contributed by atoms with Crippen LogP contribution in [0.3, 0.4) is 0 Å². The van der Waals surface area contributed by atoms with Crippen LogP contribution in [0.2, 0.25) is 0 Å². The zero-order chi connectivity index (χ0) is 20.7. The van der Waals surface area contributed by atoms with E-state index in [4.69, 9.17) is 9.15 Å². The fraction of sp³-hybridized carbons (Fsp3) is 0.0800. The highest BCUT2D eigenvalue weighted by atomic mass is 16.5. The molecule has 2 heterocycles. The molecule has 0 bridgehead atoms. The summed E-state index contributed by atoms with van der Waals surface area (Å²) >= 11 is 0. The molecule has 0 aliphatic carbocycles.